The van der Waals surface area contributed by atoms with Gasteiger partial charge in [-0.3, -0.25) is 0 Å². The third-order valence-electron chi connectivity index (χ3n) is 3.60. The highest BCUT2D eigenvalue weighted by Gasteiger charge is 2.32. The van der Waals surface area contributed by atoms with Gasteiger partial charge in [-0.15, -0.1) is 0 Å². The Morgan fingerprint density at radius 3 is 2.88 bits per heavy atom. The van der Waals surface area contributed by atoms with Gasteiger partial charge in [0.25, 0.3) is 0 Å². The van der Waals surface area contributed by atoms with Gasteiger partial charge in [-0.05, 0) is 45.4 Å². The molecule has 1 fully saturated rings. The van der Waals surface area contributed by atoms with Crippen LogP contribution in [0.4, 0.5) is 0 Å². The lowest BCUT2D eigenvalue weighted by Gasteiger charge is -2.24. The summed E-state index contributed by atoms with van der Waals surface area (Å²) in [4.78, 5) is 5.59. The molecule has 0 aromatic carbocycles. The lowest BCUT2D eigenvalue weighted by Crippen LogP contribution is -2.34. The summed E-state index contributed by atoms with van der Waals surface area (Å²) in [5, 5.41) is 3.57. The van der Waals surface area contributed by atoms with Crippen LogP contribution in [0.3, 0.4) is 0 Å². The Morgan fingerprint density at radius 1 is 1.50 bits per heavy atom. The summed E-state index contributed by atoms with van der Waals surface area (Å²) in [5.74, 6) is 0. The summed E-state index contributed by atoms with van der Waals surface area (Å²) < 4.78 is 0. The van der Waals surface area contributed by atoms with Gasteiger partial charge in [-0.25, -0.2) is 0 Å². The maximum atomic E-state index is 3.57. The zero-order valence-electron chi connectivity index (χ0n) is 10.6. The molecule has 1 saturated heterocycles. The smallest absolute Gasteiger partial charge is 0.0235 e. The minimum atomic E-state index is 0.313. The molecule has 0 amide bonds. The van der Waals surface area contributed by atoms with Crippen LogP contribution in [0.2, 0.25) is 0 Å². The van der Waals surface area contributed by atoms with E-state index in [2.05, 4.69) is 48.4 Å². The van der Waals surface area contributed by atoms with Crippen molar-refractivity contribution in [2.45, 2.75) is 38.3 Å². The molecule has 3 nitrogen and oxygen atoms in total. The number of aromatic nitrogens is 1. The predicted molar refractivity (Wildman–Crippen MR) is 67.6 cm³/mol. The molecule has 0 bridgehead atoms. The Labute approximate surface area is 98.2 Å². The molecule has 2 N–H and O–H groups in total. The van der Waals surface area contributed by atoms with E-state index < -0.39 is 0 Å². The van der Waals surface area contributed by atoms with Gasteiger partial charge in [-0.1, -0.05) is 0 Å². The fourth-order valence-corrected chi connectivity index (χ4v) is 2.44. The Balaban J connectivity index is 1.78. The zero-order chi connectivity index (χ0) is 11.6. The van der Waals surface area contributed by atoms with Gasteiger partial charge in [-0.2, -0.15) is 0 Å². The summed E-state index contributed by atoms with van der Waals surface area (Å²) in [5.41, 5.74) is 1.71. The molecule has 0 saturated carbocycles. The lowest BCUT2D eigenvalue weighted by molar-refractivity contribution is 0.251. The molecule has 2 rings (SSSR count). The number of nitrogens with zero attached hydrogens (tertiary/aromatic N) is 1. The van der Waals surface area contributed by atoms with Crippen molar-refractivity contribution in [2.24, 2.45) is 0 Å². The van der Waals surface area contributed by atoms with Gasteiger partial charge in [0.2, 0.25) is 0 Å². The van der Waals surface area contributed by atoms with Crippen LogP contribution in [0.15, 0.2) is 18.5 Å². The molecule has 3 heteroatoms. The Bertz CT molecular complexity index is 316. The maximum Gasteiger partial charge on any atom is 0.0235 e. The quantitative estimate of drug-likeness (QED) is 0.809. The minimum Gasteiger partial charge on any atom is -0.367 e. The molecular formula is C13H23N3. The van der Waals surface area contributed by atoms with E-state index in [1.54, 1.807) is 0 Å². The molecular weight excluding hydrogens is 198 g/mol. The molecule has 16 heavy (non-hydrogen) atoms. The minimum absolute atomic E-state index is 0.313. The largest absolute Gasteiger partial charge is 0.367 e. The van der Waals surface area contributed by atoms with Gasteiger partial charge in [0.15, 0.2) is 0 Å². The molecule has 1 atom stereocenters. The second-order valence-corrected chi connectivity index (χ2v) is 5.57. The molecule has 1 aromatic rings. The van der Waals surface area contributed by atoms with Crippen LogP contribution in [0.1, 0.15) is 25.8 Å². The summed E-state index contributed by atoms with van der Waals surface area (Å²) in [7, 11) is 2.24. The standard InChI is InChI=1S/C13H23N3/c1-13(2)8-12(10-15-13)16(3)7-5-11-4-6-14-9-11/h4,6,9,12,14-15H,5,7-8,10H2,1-3H3. The van der Waals surface area contributed by atoms with Crippen molar-refractivity contribution >= 4 is 0 Å². The SMILES string of the molecule is CN(CCc1cc[nH]c1)C1CNC(C)(C)C1. The first-order valence-corrected chi connectivity index (χ1v) is 6.14. The molecule has 0 radical (unpaired) electrons. The van der Waals surface area contributed by atoms with E-state index in [1.165, 1.54) is 12.0 Å². The third-order valence-corrected chi connectivity index (χ3v) is 3.60. The maximum absolute atomic E-state index is 3.57. The molecule has 0 aliphatic carbocycles. The summed E-state index contributed by atoms with van der Waals surface area (Å²) in [6.45, 7) is 6.83. The van der Waals surface area contributed by atoms with Crippen molar-refractivity contribution < 1.29 is 0 Å². The van der Waals surface area contributed by atoms with E-state index in [9.17, 15) is 0 Å². The molecule has 1 aromatic heterocycles. The van der Waals surface area contributed by atoms with E-state index in [0.717, 1.165) is 19.5 Å². The van der Waals surface area contributed by atoms with E-state index in [4.69, 9.17) is 0 Å². The van der Waals surface area contributed by atoms with Crippen LogP contribution >= 0.6 is 0 Å². The van der Waals surface area contributed by atoms with Crippen LogP contribution < -0.4 is 5.32 Å². The second-order valence-electron chi connectivity index (χ2n) is 5.57. The number of aromatic amines is 1. The van der Waals surface area contributed by atoms with Gasteiger partial charge < -0.3 is 15.2 Å². The van der Waals surface area contributed by atoms with E-state index in [-0.39, 0.29) is 0 Å². The average Bonchev–Trinajstić information content (AvgIpc) is 2.83. The van der Waals surface area contributed by atoms with Crippen LogP contribution in [0, 0.1) is 0 Å². The van der Waals surface area contributed by atoms with Crippen LogP contribution in [0.25, 0.3) is 0 Å². The van der Waals surface area contributed by atoms with Gasteiger partial charge in [0.1, 0.15) is 0 Å². The molecule has 1 aliphatic rings. The van der Waals surface area contributed by atoms with Crippen LogP contribution in [-0.2, 0) is 6.42 Å². The molecule has 90 valence electrons. The van der Waals surface area contributed by atoms with Crippen LogP contribution in [0.5, 0.6) is 0 Å². The monoisotopic (exact) mass is 221 g/mol. The highest BCUT2D eigenvalue weighted by molar-refractivity contribution is 5.08. The van der Waals surface area contributed by atoms with Crippen molar-refractivity contribution in [1.29, 1.82) is 0 Å². The molecule has 0 spiro atoms. The van der Waals surface area contributed by atoms with E-state index in [0.29, 0.717) is 11.6 Å². The van der Waals surface area contributed by atoms with E-state index in [1.807, 2.05) is 6.20 Å². The van der Waals surface area contributed by atoms with Crippen LogP contribution in [-0.4, -0.2) is 41.6 Å². The first kappa shape index (κ1) is 11.7. The Hall–Kier alpha value is -0.800. The van der Waals surface area contributed by atoms with Gasteiger partial charge in [0.05, 0.1) is 0 Å². The predicted octanol–water partition coefficient (Wildman–Crippen LogP) is 1.63. The average molecular weight is 221 g/mol. The first-order valence-electron chi connectivity index (χ1n) is 6.14. The van der Waals surface area contributed by atoms with Gasteiger partial charge in [0, 0.05) is 37.1 Å². The van der Waals surface area contributed by atoms with Crippen molar-refractivity contribution in [3.05, 3.63) is 24.0 Å². The normalized spacial score (nSPS) is 24.1. The van der Waals surface area contributed by atoms with Gasteiger partial charge >= 0.3 is 0 Å². The first-order chi connectivity index (χ1) is 7.57. The molecule has 1 aliphatic heterocycles. The van der Waals surface area contributed by atoms with Crippen molar-refractivity contribution in [2.75, 3.05) is 20.1 Å². The van der Waals surface area contributed by atoms with Crippen molar-refractivity contribution in [3.63, 3.8) is 0 Å². The summed E-state index contributed by atoms with van der Waals surface area (Å²) in [6, 6.07) is 2.85. The molecule has 1 unspecified atom stereocenters. The van der Waals surface area contributed by atoms with E-state index >= 15 is 0 Å². The number of H-pyrrole nitrogens is 1. The second kappa shape index (κ2) is 4.60. The Kier molecular flexibility index (Phi) is 3.36. The number of hydrogen-bond acceptors (Lipinski definition) is 2. The molecule has 2 heterocycles. The fourth-order valence-electron chi connectivity index (χ4n) is 2.44. The Morgan fingerprint density at radius 2 is 2.31 bits per heavy atom. The summed E-state index contributed by atoms with van der Waals surface area (Å²) in [6.07, 6.45) is 6.47. The highest BCUT2D eigenvalue weighted by Crippen LogP contribution is 2.21. The zero-order valence-corrected chi connectivity index (χ0v) is 10.6. The topological polar surface area (TPSA) is 31.1 Å². The highest BCUT2D eigenvalue weighted by atomic mass is 15.2. The lowest BCUT2D eigenvalue weighted by atomic mass is 10.0. The fraction of sp³-hybridized carbons (Fsp3) is 0.692. The number of likely N-dealkylation sites (N-methyl/N-ethyl adjacent to an activating group) is 1. The number of nitrogens with one attached hydrogen (secondary N) is 2. The number of hydrogen-bond donors (Lipinski definition) is 2. The van der Waals surface area contributed by atoms with Crippen molar-refractivity contribution in [3.8, 4) is 0 Å². The number of rotatable bonds is 4. The van der Waals surface area contributed by atoms with Crippen molar-refractivity contribution in [1.82, 2.24) is 15.2 Å². The third kappa shape index (κ3) is 2.86. The summed E-state index contributed by atoms with van der Waals surface area (Å²) >= 11 is 0.